The molecule has 0 saturated carbocycles. The van der Waals surface area contributed by atoms with Gasteiger partial charge in [0.15, 0.2) is 0 Å². The Kier molecular flexibility index (Phi) is 13.2. The Labute approximate surface area is 310 Å². The first-order valence-electron chi connectivity index (χ1n) is 18.7. The SMILES string of the molecule is C=CCCC(=O)N[C@@H](COC)[C@@H](OC(=O)[C@@H]1[C@H]2C(=O)N([C@@H](CO)C(C)C)[C@H](C(=O)N(CC=C)C(C)(C)CC(C)(C)C)[C@]23CC[C@H]1O3)c1ccccc1. The molecule has 11 heteroatoms. The summed E-state index contributed by atoms with van der Waals surface area (Å²) in [5.74, 6) is -3.78. The summed E-state index contributed by atoms with van der Waals surface area (Å²) < 4.78 is 18.6. The highest BCUT2D eigenvalue weighted by molar-refractivity contribution is 5.98. The first-order chi connectivity index (χ1) is 24.5. The number of rotatable bonds is 18. The minimum atomic E-state index is -1.30. The molecule has 3 aliphatic rings. The number of allylic oxidation sites excluding steroid dienone is 1. The fraction of sp³-hybridized carbons (Fsp3) is 0.659. The van der Waals surface area contributed by atoms with Crippen LogP contribution in [-0.4, -0.2) is 101 Å². The molecule has 3 amide bonds. The molecule has 0 unspecified atom stereocenters. The first-order valence-corrected chi connectivity index (χ1v) is 18.7. The number of nitrogens with one attached hydrogen (secondary N) is 1. The number of methoxy groups -OCH3 is 1. The Morgan fingerprint density at radius 2 is 1.81 bits per heavy atom. The van der Waals surface area contributed by atoms with E-state index in [0.29, 0.717) is 31.2 Å². The molecule has 4 rings (SSSR count). The van der Waals surface area contributed by atoms with Gasteiger partial charge in [0.25, 0.3) is 0 Å². The zero-order valence-corrected chi connectivity index (χ0v) is 32.4. The molecule has 0 aliphatic carbocycles. The lowest BCUT2D eigenvalue weighted by atomic mass is 9.70. The topological polar surface area (TPSA) is 135 Å². The summed E-state index contributed by atoms with van der Waals surface area (Å²) in [6, 6.07) is 6.62. The third-order valence-corrected chi connectivity index (χ3v) is 10.8. The zero-order chi connectivity index (χ0) is 38.6. The van der Waals surface area contributed by atoms with E-state index in [4.69, 9.17) is 14.2 Å². The number of likely N-dealkylation sites (tertiary alicyclic amines) is 1. The van der Waals surface area contributed by atoms with Gasteiger partial charge in [0.1, 0.15) is 17.7 Å². The molecule has 1 spiro atoms. The van der Waals surface area contributed by atoms with Gasteiger partial charge in [-0.2, -0.15) is 0 Å². The average molecular weight is 724 g/mol. The van der Waals surface area contributed by atoms with Gasteiger partial charge in [-0.25, -0.2) is 0 Å². The summed E-state index contributed by atoms with van der Waals surface area (Å²) in [6.07, 6.45) is 3.97. The van der Waals surface area contributed by atoms with Gasteiger partial charge in [0.05, 0.1) is 43.2 Å². The molecule has 3 fully saturated rings. The standard InChI is InChI=1S/C41H61N3O8/c1-11-13-19-31(46)42-28(24-50-10)34(27-17-15-14-16-18-27)51-38(49)32-30-20-21-41(52-30)33(32)36(47)44(29(23-45)26(3)4)35(41)37(48)43(22-12-2)40(8,9)25-39(5,6)7/h11-12,14-18,26,28-30,32-35,45H,1-2,13,19-25H2,3-10H3,(H,42,46)/t28-,29-,30+,32-,33-,34-,35+,41-/m0/s1. The summed E-state index contributed by atoms with van der Waals surface area (Å²) in [6.45, 7) is 21.8. The van der Waals surface area contributed by atoms with E-state index in [1.54, 1.807) is 17.1 Å². The van der Waals surface area contributed by atoms with E-state index in [-0.39, 0.29) is 49.3 Å². The van der Waals surface area contributed by atoms with Crippen molar-refractivity contribution in [3.05, 3.63) is 61.2 Å². The number of hydrogen-bond donors (Lipinski definition) is 2. The highest BCUT2D eigenvalue weighted by Gasteiger charge is 2.76. The molecule has 0 aromatic heterocycles. The van der Waals surface area contributed by atoms with Crippen molar-refractivity contribution >= 4 is 23.7 Å². The molecular formula is C41H61N3O8. The Morgan fingerprint density at radius 3 is 2.37 bits per heavy atom. The molecule has 3 heterocycles. The van der Waals surface area contributed by atoms with E-state index in [2.05, 4.69) is 39.2 Å². The van der Waals surface area contributed by atoms with E-state index in [9.17, 15) is 19.5 Å². The number of fused-ring (bicyclic) bond motifs is 1. The van der Waals surface area contributed by atoms with Gasteiger partial charge >= 0.3 is 5.97 Å². The summed E-state index contributed by atoms with van der Waals surface area (Å²) in [5.41, 5.74) is -1.38. The van der Waals surface area contributed by atoms with Crippen molar-refractivity contribution in [2.75, 3.05) is 26.9 Å². The highest BCUT2D eigenvalue weighted by Crippen LogP contribution is 2.60. The predicted molar refractivity (Wildman–Crippen MR) is 199 cm³/mol. The Balaban J connectivity index is 1.77. The number of nitrogens with zero attached hydrogens (tertiary/aromatic N) is 2. The fourth-order valence-corrected chi connectivity index (χ4v) is 9.05. The van der Waals surface area contributed by atoms with Crippen LogP contribution in [0, 0.1) is 23.2 Å². The Bertz CT molecular complexity index is 1460. The summed E-state index contributed by atoms with van der Waals surface area (Å²) in [7, 11) is 1.51. The molecule has 3 aliphatic heterocycles. The summed E-state index contributed by atoms with van der Waals surface area (Å²) >= 11 is 0. The van der Waals surface area contributed by atoms with E-state index in [1.807, 2.05) is 58.0 Å². The minimum Gasteiger partial charge on any atom is -0.455 e. The second kappa shape index (κ2) is 16.6. The van der Waals surface area contributed by atoms with Crippen LogP contribution < -0.4 is 5.32 Å². The molecule has 0 radical (unpaired) electrons. The van der Waals surface area contributed by atoms with E-state index < -0.39 is 65.2 Å². The van der Waals surface area contributed by atoms with Crippen molar-refractivity contribution < 1.29 is 38.5 Å². The van der Waals surface area contributed by atoms with Gasteiger partial charge in [-0.15, -0.1) is 13.2 Å². The molecule has 3 saturated heterocycles. The van der Waals surface area contributed by atoms with E-state index in [0.717, 1.165) is 0 Å². The van der Waals surface area contributed by atoms with Crippen molar-refractivity contribution in [2.24, 2.45) is 23.2 Å². The molecule has 288 valence electrons. The van der Waals surface area contributed by atoms with Crippen LogP contribution in [0.2, 0.25) is 0 Å². The Morgan fingerprint density at radius 1 is 1.13 bits per heavy atom. The number of aliphatic hydroxyl groups is 1. The largest absolute Gasteiger partial charge is 0.455 e. The number of carbonyl (C=O) groups excluding carboxylic acids is 4. The fourth-order valence-electron chi connectivity index (χ4n) is 9.05. The molecule has 11 nitrogen and oxygen atoms in total. The van der Waals surface area contributed by atoms with E-state index in [1.165, 1.54) is 12.0 Å². The molecule has 1 aromatic carbocycles. The number of hydrogen-bond acceptors (Lipinski definition) is 8. The maximum absolute atomic E-state index is 15.1. The lowest BCUT2D eigenvalue weighted by Crippen LogP contribution is -2.63. The third-order valence-electron chi connectivity index (χ3n) is 10.8. The molecule has 2 N–H and O–H groups in total. The number of amides is 3. The summed E-state index contributed by atoms with van der Waals surface area (Å²) in [4.78, 5) is 60.8. The minimum absolute atomic E-state index is 0.0595. The average Bonchev–Trinajstić information content (AvgIpc) is 3.71. The third kappa shape index (κ3) is 8.31. The molecule has 52 heavy (non-hydrogen) atoms. The maximum atomic E-state index is 15.1. The lowest BCUT2D eigenvalue weighted by Gasteiger charge is -2.46. The van der Waals surface area contributed by atoms with Crippen molar-refractivity contribution in [1.29, 1.82) is 0 Å². The second-order valence-corrected chi connectivity index (χ2v) is 16.8. The number of esters is 1. The molecule has 1 aromatic rings. The smallest absolute Gasteiger partial charge is 0.313 e. The number of carbonyl (C=O) groups is 4. The molecule has 8 atom stereocenters. The van der Waals surface area contributed by atoms with Crippen LogP contribution in [0.3, 0.4) is 0 Å². The first kappa shape index (κ1) is 41.2. The lowest BCUT2D eigenvalue weighted by molar-refractivity contribution is -0.164. The van der Waals surface area contributed by atoms with Crippen molar-refractivity contribution in [3.63, 3.8) is 0 Å². The van der Waals surface area contributed by atoms with E-state index >= 15 is 4.79 Å². The zero-order valence-electron chi connectivity index (χ0n) is 32.4. The molecular weight excluding hydrogens is 662 g/mol. The van der Waals surface area contributed by atoms with Gasteiger partial charge in [-0.1, -0.05) is 77.1 Å². The summed E-state index contributed by atoms with van der Waals surface area (Å²) in [5, 5.41) is 13.7. The van der Waals surface area contributed by atoms with Gasteiger partial charge in [-0.3, -0.25) is 19.2 Å². The van der Waals surface area contributed by atoms with Crippen molar-refractivity contribution in [1.82, 2.24) is 15.1 Å². The van der Waals surface area contributed by atoms with Crippen LogP contribution in [-0.2, 0) is 33.4 Å². The van der Waals surface area contributed by atoms with Gasteiger partial charge < -0.3 is 34.4 Å². The van der Waals surface area contributed by atoms with Crippen molar-refractivity contribution in [3.8, 4) is 0 Å². The van der Waals surface area contributed by atoms with Crippen LogP contribution >= 0.6 is 0 Å². The quantitative estimate of drug-likeness (QED) is 0.160. The maximum Gasteiger partial charge on any atom is 0.313 e. The van der Waals surface area contributed by atoms with Gasteiger partial charge in [-0.05, 0) is 56.4 Å². The van der Waals surface area contributed by atoms with Gasteiger partial charge in [0.2, 0.25) is 17.7 Å². The van der Waals surface area contributed by atoms with Crippen molar-refractivity contribution in [2.45, 2.75) is 122 Å². The monoisotopic (exact) mass is 723 g/mol. The normalized spacial score (nSPS) is 25.7. The van der Waals surface area contributed by atoms with Crippen LogP contribution in [0.25, 0.3) is 0 Å². The van der Waals surface area contributed by atoms with Crippen LogP contribution in [0.5, 0.6) is 0 Å². The highest BCUT2D eigenvalue weighted by atomic mass is 16.6. The second-order valence-electron chi connectivity index (χ2n) is 16.8. The number of benzene rings is 1. The van der Waals surface area contributed by atoms with Crippen LogP contribution in [0.1, 0.15) is 92.2 Å². The van der Waals surface area contributed by atoms with Crippen LogP contribution in [0.4, 0.5) is 0 Å². The Hall–Kier alpha value is -3.54. The van der Waals surface area contributed by atoms with Gasteiger partial charge in [0, 0.05) is 25.6 Å². The number of ether oxygens (including phenoxy) is 3. The molecule has 2 bridgehead atoms. The number of aliphatic hydroxyl groups excluding tert-OH is 1. The predicted octanol–water partition coefficient (Wildman–Crippen LogP) is 4.99. The van der Waals surface area contributed by atoms with Crippen LogP contribution in [0.15, 0.2) is 55.6 Å².